The van der Waals surface area contributed by atoms with Crippen LogP contribution in [0, 0.1) is 5.41 Å². The van der Waals surface area contributed by atoms with E-state index in [1.54, 1.807) is 12.1 Å². The van der Waals surface area contributed by atoms with Gasteiger partial charge in [-0.1, -0.05) is 34.1 Å². The van der Waals surface area contributed by atoms with Crippen molar-refractivity contribution in [2.24, 2.45) is 5.73 Å². The van der Waals surface area contributed by atoms with Gasteiger partial charge < -0.3 is 15.6 Å². The Hall–Kier alpha value is -1.85. The van der Waals surface area contributed by atoms with Gasteiger partial charge in [-0.2, -0.15) is 0 Å². The van der Waals surface area contributed by atoms with Crippen molar-refractivity contribution < 1.29 is 9.84 Å². The van der Waals surface area contributed by atoms with Gasteiger partial charge in [0.1, 0.15) is 17.3 Å². The summed E-state index contributed by atoms with van der Waals surface area (Å²) < 4.78 is 6.72. The number of nitrogens with two attached hydrogens (primary N) is 1. The van der Waals surface area contributed by atoms with Crippen LogP contribution in [0.25, 0.3) is 0 Å². The molecule has 2 aromatic carbocycles. The summed E-state index contributed by atoms with van der Waals surface area (Å²) in [5, 5.41) is 16.7. The van der Waals surface area contributed by atoms with Crippen LogP contribution in [0.15, 0.2) is 46.9 Å². The summed E-state index contributed by atoms with van der Waals surface area (Å²) in [4.78, 5) is 0. The molecule has 2 rings (SSSR count). The Kier molecular flexibility index (Phi) is 4.76. The summed E-state index contributed by atoms with van der Waals surface area (Å²) in [7, 11) is 0. The van der Waals surface area contributed by atoms with Gasteiger partial charge in [-0.3, -0.25) is 5.41 Å². The fraction of sp³-hybridized carbons (Fsp3) is 0.133. The average Bonchev–Trinajstić information content (AvgIpc) is 2.41. The number of nitrogen functional groups attached to an aromatic ring is 1. The van der Waals surface area contributed by atoms with Crippen molar-refractivity contribution >= 4 is 21.8 Å². The van der Waals surface area contributed by atoms with Gasteiger partial charge in [-0.25, -0.2) is 0 Å². The van der Waals surface area contributed by atoms with Crippen LogP contribution in [0.2, 0.25) is 0 Å². The number of hydrogen-bond acceptors (Lipinski definition) is 3. The predicted octanol–water partition coefficient (Wildman–Crippen LogP) is 3.06. The van der Waals surface area contributed by atoms with Gasteiger partial charge in [-0.15, -0.1) is 0 Å². The summed E-state index contributed by atoms with van der Waals surface area (Å²) >= 11 is 3.38. The zero-order chi connectivity index (χ0) is 14.5. The van der Waals surface area contributed by atoms with E-state index < -0.39 is 0 Å². The monoisotopic (exact) mass is 334 g/mol. The van der Waals surface area contributed by atoms with Crippen LogP contribution in [-0.2, 0) is 6.42 Å². The minimum absolute atomic E-state index is 0.0489. The Morgan fingerprint density at radius 3 is 2.65 bits per heavy atom. The van der Waals surface area contributed by atoms with Crippen molar-refractivity contribution in [3.63, 3.8) is 0 Å². The third-order valence-electron chi connectivity index (χ3n) is 2.81. The summed E-state index contributed by atoms with van der Waals surface area (Å²) in [5.41, 5.74) is 7.00. The van der Waals surface area contributed by atoms with E-state index in [0.29, 0.717) is 23.5 Å². The quantitative estimate of drug-likeness (QED) is 0.580. The lowest BCUT2D eigenvalue weighted by Crippen LogP contribution is -2.12. The first kappa shape index (κ1) is 14.6. The maximum Gasteiger partial charge on any atom is 0.139 e. The van der Waals surface area contributed by atoms with Crippen molar-refractivity contribution in [3.05, 3.63) is 58.1 Å². The van der Waals surface area contributed by atoms with E-state index in [9.17, 15) is 0 Å². The summed E-state index contributed by atoms with van der Waals surface area (Å²) in [5.74, 6) is 1.12. The number of rotatable bonds is 5. The van der Waals surface area contributed by atoms with Gasteiger partial charge in [0.15, 0.2) is 0 Å². The smallest absolute Gasteiger partial charge is 0.139 e. The van der Waals surface area contributed by atoms with E-state index in [-0.39, 0.29) is 12.4 Å². The van der Waals surface area contributed by atoms with Crippen LogP contribution >= 0.6 is 15.9 Å². The molecule has 0 aliphatic rings. The fourth-order valence-electron chi connectivity index (χ4n) is 1.85. The molecule has 0 heterocycles. The number of amidine groups is 1. The topological polar surface area (TPSA) is 79.3 Å². The molecule has 0 aliphatic carbocycles. The molecule has 2 aromatic rings. The molecular formula is C15H15BrN2O2. The molecule has 0 aromatic heterocycles. The molecule has 0 unspecified atom stereocenters. The van der Waals surface area contributed by atoms with Crippen LogP contribution in [-0.4, -0.2) is 17.5 Å². The highest BCUT2D eigenvalue weighted by molar-refractivity contribution is 9.10. The third kappa shape index (κ3) is 3.37. The second kappa shape index (κ2) is 6.54. The largest absolute Gasteiger partial charge is 0.456 e. The lowest BCUT2D eigenvalue weighted by molar-refractivity contribution is 0.298. The number of aliphatic hydroxyl groups excluding tert-OH is 1. The van der Waals surface area contributed by atoms with E-state index in [4.69, 9.17) is 21.0 Å². The van der Waals surface area contributed by atoms with Crippen molar-refractivity contribution in [2.45, 2.75) is 6.42 Å². The number of halogens is 1. The molecule has 0 saturated carbocycles. The standard InChI is InChI=1S/C15H15BrN2O2/c16-11-5-6-12(15(17)18)14(9-11)20-13-4-2-1-3-10(13)7-8-19/h1-6,9,19H,7-8H2,(H3,17,18). The second-order valence-corrected chi connectivity index (χ2v) is 5.15. The van der Waals surface area contributed by atoms with Gasteiger partial charge in [0.2, 0.25) is 0 Å². The molecular weight excluding hydrogens is 320 g/mol. The minimum atomic E-state index is -0.0489. The predicted molar refractivity (Wildman–Crippen MR) is 82.5 cm³/mol. The summed E-state index contributed by atoms with van der Waals surface area (Å²) in [6, 6.07) is 12.8. The normalized spacial score (nSPS) is 10.3. The number of para-hydroxylation sites is 1. The first-order valence-electron chi connectivity index (χ1n) is 6.12. The molecule has 0 saturated heterocycles. The van der Waals surface area contributed by atoms with Crippen LogP contribution in [0.5, 0.6) is 11.5 Å². The van der Waals surface area contributed by atoms with E-state index in [2.05, 4.69) is 15.9 Å². The first-order chi connectivity index (χ1) is 9.61. The molecule has 0 amide bonds. The Bertz CT molecular complexity index is 629. The lowest BCUT2D eigenvalue weighted by Gasteiger charge is -2.13. The SMILES string of the molecule is N=C(N)c1ccc(Br)cc1Oc1ccccc1CCO. The van der Waals surface area contributed by atoms with Gasteiger partial charge in [0.05, 0.1) is 5.56 Å². The van der Waals surface area contributed by atoms with Crippen molar-refractivity contribution in [1.82, 2.24) is 0 Å². The van der Waals surface area contributed by atoms with Crippen LogP contribution < -0.4 is 10.5 Å². The molecule has 4 N–H and O–H groups in total. The lowest BCUT2D eigenvalue weighted by atomic mass is 10.1. The first-order valence-corrected chi connectivity index (χ1v) is 6.91. The van der Waals surface area contributed by atoms with Gasteiger partial charge >= 0.3 is 0 Å². The molecule has 0 atom stereocenters. The second-order valence-electron chi connectivity index (χ2n) is 4.24. The Morgan fingerprint density at radius 1 is 1.20 bits per heavy atom. The zero-order valence-corrected chi connectivity index (χ0v) is 12.4. The maximum atomic E-state index is 9.08. The zero-order valence-electron chi connectivity index (χ0n) is 10.8. The molecule has 20 heavy (non-hydrogen) atoms. The molecule has 0 radical (unpaired) electrons. The average molecular weight is 335 g/mol. The molecule has 5 heteroatoms. The van der Waals surface area contributed by atoms with Crippen LogP contribution in [0.1, 0.15) is 11.1 Å². The molecule has 0 aliphatic heterocycles. The molecule has 0 fully saturated rings. The Labute approximate surface area is 125 Å². The highest BCUT2D eigenvalue weighted by Gasteiger charge is 2.10. The summed E-state index contributed by atoms with van der Waals surface area (Å²) in [6.07, 6.45) is 0.513. The maximum absolute atomic E-state index is 9.08. The number of ether oxygens (including phenoxy) is 1. The Balaban J connectivity index is 2.39. The molecule has 0 bridgehead atoms. The van der Waals surface area contributed by atoms with Crippen molar-refractivity contribution in [3.8, 4) is 11.5 Å². The fourth-order valence-corrected chi connectivity index (χ4v) is 2.19. The van der Waals surface area contributed by atoms with E-state index in [1.165, 1.54) is 0 Å². The number of hydrogen-bond donors (Lipinski definition) is 3. The highest BCUT2D eigenvalue weighted by atomic mass is 79.9. The van der Waals surface area contributed by atoms with Crippen molar-refractivity contribution in [1.29, 1.82) is 5.41 Å². The van der Waals surface area contributed by atoms with E-state index in [1.807, 2.05) is 30.3 Å². The van der Waals surface area contributed by atoms with E-state index in [0.717, 1.165) is 10.0 Å². The van der Waals surface area contributed by atoms with Crippen LogP contribution in [0.4, 0.5) is 0 Å². The van der Waals surface area contributed by atoms with E-state index >= 15 is 0 Å². The third-order valence-corrected chi connectivity index (χ3v) is 3.30. The van der Waals surface area contributed by atoms with Gasteiger partial charge in [0, 0.05) is 11.1 Å². The summed E-state index contributed by atoms with van der Waals surface area (Å²) in [6.45, 7) is 0.0540. The Morgan fingerprint density at radius 2 is 1.95 bits per heavy atom. The molecule has 104 valence electrons. The number of benzene rings is 2. The van der Waals surface area contributed by atoms with Gasteiger partial charge in [-0.05, 0) is 36.2 Å². The van der Waals surface area contributed by atoms with Gasteiger partial charge in [0.25, 0.3) is 0 Å². The van der Waals surface area contributed by atoms with Crippen LogP contribution in [0.3, 0.4) is 0 Å². The van der Waals surface area contributed by atoms with Crippen molar-refractivity contribution in [2.75, 3.05) is 6.61 Å². The number of aliphatic hydroxyl groups is 1. The molecule has 4 nitrogen and oxygen atoms in total. The molecule has 0 spiro atoms. The highest BCUT2D eigenvalue weighted by Crippen LogP contribution is 2.30. The minimum Gasteiger partial charge on any atom is -0.456 e. The number of nitrogens with one attached hydrogen (secondary N) is 1.